The molecule has 6 atom stereocenters. The topological polar surface area (TPSA) is 58.9 Å². The van der Waals surface area contributed by atoms with Gasteiger partial charge in [0.1, 0.15) is 23.0 Å². The molecule has 4 rings (SSSR count). The number of hydrogen-bond acceptors (Lipinski definition) is 4. The minimum atomic E-state index is 0.340. The average Bonchev–Trinajstić information content (AvgIpc) is 3.18. The van der Waals surface area contributed by atoms with Crippen LogP contribution in [0.5, 0.6) is 23.0 Å². The maximum absolute atomic E-state index is 10.3. The Balaban J connectivity index is 0.000000316. The second kappa shape index (κ2) is 26.2. The number of benzene rings is 2. The zero-order valence-electron chi connectivity index (χ0n) is 41.0. The summed E-state index contributed by atoms with van der Waals surface area (Å²) in [5, 5.41) is 20.4. The van der Waals surface area contributed by atoms with Crippen LogP contribution in [0.2, 0.25) is 0 Å². The molecule has 0 fully saturated rings. The quantitative estimate of drug-likeness (QED) is 0.111. The molecule has 338 valence electrons. The van der Waals surface area contributed by atoms with Crippen molar-refractivity contribution in [1.29, 1.82) is 0 Å². The normalized spacial score (nSPS) is 18.3. The van der Waals surface area contributed by atoms with Crippen molar-refractivity contribution in [2.45, 2.75) is 243 Å². The minimum Gasteiger partial charge on any atom is -0.508 e. The lowest BCUT2D eigenvalue weighted by molar-refractivity contribution is 0.156. The summed E-state index contributed by atoms with van der Waals surface area (Å²) in [6.45, 7) is 29.2. The number of ether oxygens (including phenoxy) is 2. The first-order valence-electron chi connectivity index (χ1n) is 24.9. The highest BCUT2D eigenvalue weighted by Gasteiger charge is 2.27. The summed E-state index contributed by atoms with van der Waals surface area (Å²) in [7, 11) is 0. The fraction of sp³-hybridized carbons (Fsp3) is 0.782. The molecule has 0 spiro atoms. The molecule has 2 aromatic rings. The van der Waals surface area contributed by atoms with Crippen molar-refractivity contribution in [3.8, 4) is 23.0 Å². The zero-order chi connectivity index (χ0) is 43.6. The van der Waals surface area contributed by atoms with E-state index in [0.29, 0.717) is 23.7 Å². The van der Waals surface area contributed by atoms with Crippen LogP contribution in [0, 0.1) is 70.1 Å². The van der Waals surface area contributed by atoms with Crippen molar-refractivity contribution in [2.24, 2.45) is 35.5 Å². The lowest BCUT2D eigenvalue weighted by Crippen LogP contribution is -2.24. The molecule has 2 aliphatic heterocycles. The van der Waals surface area contributed by atoms with Crippen molar-refractivity contribution in [2.75, 3.05) is 0 Å². The molecule has 0 amide bonds. The third-order valence-corrected chi connectivity index (χ3v) is 14.4. The standard InChI is InChI=1S/C28H48O2.C27H46O2/c1-19(2)11-8-12-20(3)13-9-14-21(4)15-10-16-25-17-18-26-24(7)27(29)22(5)23(6)28(26)30-25;1-19(2)10-7-11-20(3)12-8-13-21(4)14-9-15-24-16-17-25-23(6)26(28)18-22(5)27(25)29-24/h19-21,25,29H,8-18H2,1-7H3;18-21,24,28H,7-17H2,1-6H3/t20-,21-,25?;20-,21-,24?/m11/s1. The van der Waals surface area contributed by atoms with Crippen molar-refractivity contribution in [1.82, 2.24) is 0 Å². The fourth-order valence-electron chi connectivity index (χ4n) is 9.85. The van der Waals surface area contributed by atoms with Gasteiger partial charge in [-0.2, -0.15) is 0 Å². The number of phenols is 2. The summed E-state index contributed by atoms with van der Waals surface area (Å²) in [4.78, 5) is 0. The van der Waals surface area contributed by atoms with Gasteiger partial charge in [0.05, 0.1) is 12.2 Å². The molecular weight excluding hydrogens is 725 g/mol. The SMILES string of the molecule is Cc1c(C)c2c(c(C)c1O)CCC(CCC[C@H](C)CCC[C@H](C)CCCC(C)C)O2.Cc1cc(O)c(C)c2c1OC(CCC[C@H](C)CCC[C@H](C)CCCC(C)C)CC2. The summed E-state index contributed by atoms with van der Waals surface area (Å²) < 4.78 is 12.8. The van der Waals surface area contributed by atoms with E-state index < -0.39 is 0 Å². The van der Waals surface area contributed by atoms with Crippen LogP contribution in [-0.4, -0.2) is 22.4 Å². The molecule has 0 saturated heterocycles. The maximum Gasteiger partial charge on any atom is 0.126 e. The van der Waals surface area contributed by atoms with Crippen molar-refractivity contribution >= 4 is 0 Å². The van der Waals surface area contributed by atoms with E-state index in [-0.39, 0.29) is 0 Å². The second-order valence-electron chi connectivity index (χ2n) is 21.0. The van der Waals surface area contributed by atoms with Crippen molar-refractivity contribution in [3.05, 3.63) is 45.0 Å². The Kier molecular flexibility index (Phi) is 22.6. The molecule has 0 saturated carbocycles. The molecule has 4 nitrogen and oxygen atoms in total. The first-order valence-corrected chi connectivity index (χ1v) is 24.9. The predicted molar refractivity (Wildman–Crippen MR) is 255 cm³/mol. The van der Waals surface area contributed by atoms with E-state index in [0.717, 1.165) is 113 Å². The van der Waals surface area contributed by atoms with Crippen LogP contribution < -0.4 is 9.47 Å². The molecule has 0 radical (unpaired) electrons. The molecule has 2 N–H and O–H groups in total. The number of rotatable bonds is 24. The van der Waals surface area contributed by atoms with Gasteiger partial charge in [-0.3, -0.25) is 0 Å². The summed E-state index contributed by atoms with van der Waals surface area (Å²) in [5.74, 6) is 8.09. The summed E-state index contributed by atoms with van der Waals surface area (Å²) in [6, 6.07) is 1.85. The Morgan fingerprint density at radius 1 is 0.475 bits per heavy atom. The summed E-state index contributed by atoms with van der Waals surface area (Å²) in [5.41, 5.74) is 7.61. The lowest BCUT2D eigenvalue weighted by Gasteiger charge is -2.30. The smallest absolute Gasteiger partial charge is 0.126 e. The number of aryl methyl sites for hydroxylation is 1. The van der Waals surface area contributed by atoms with Crippen molar-refractivity contribution < 1.29 is 19.7 Å². The van der Waals surface area contributed by atoms with Gasteiger partial charge in [0.25, 0.3) is 0 Å². The molecule has 0 aliphatic carbocycles. The first kappa shape index (κ1) is 51.0. The Morgan fingerprint density at radius 3 is 1.27 bits per heavy atom. The molecule has 59 heavy (non-hydrogen) atoms. The molecule has 2 aliphatic rings. The molecule has 0 bridgehead atoms. The van der Waals surface area contributed by atoms with Gasteiger partial charge in [0.2, 0.25) is 0 Å². The summed E-state index contributed by atoms with van der Waals surface area (Å²) >= 11 is 0. The minimum absolute atomic E-state index is 0.340. The number of aromatic hydroxyl groups is 2. The average molecular weight is 819 g/mol. The Labute approximate surface area is 365 Å². The van der Waals surface area contributed by atoms with E-state index >= 15 is 0 Å². The monoisotopic (exact) mass is 819 g/mol. The second-order valence-corrected chi connectivity index (χ2v) is 21.0. The van der Waals surface area contributed by atoms with E-state index in [4.69, 9.17) is 9.47 Å². The highest BCUT2D eigenvalue weighted by Crippen LogP contribution is 2.42. The Morgan fingerprint density at radius 2 is 0.847 bits per heavy atom. The van der Waals surface area contributed by atoms with Gasteiger partial charge in [-0.05, 0) is 155 Å². The highest BCUT2D eigenvalue weighted by molar-refractivity contribution is 5.58. The highest BCUT2D eigenvalue weighted by atomic mass is 16.5. The lowest BCUT2D eigenvalue weighted by atomic mass is 9.89. The predicted octanol–water partition coefficient (Wildman–Crippen LogP) is 16.6. The van der Waals surface area contributed by atoms with Gasteiger partial charge in [0.15, 0.2) is 0 Å². The number of hydrogen-bond donors (Lipinski definition) is 2. The number of phenolic OH excluding ortho intramolecular Hbond substituents is 2. The van der Waals surface area contributed by atoms with Crippen LogP contribution in [0.25, 0.3) is 0 Å². The van der Waals surface area contributed by atoms with Gasteiger partial charge in [-0.15, -0.1) is 0 Å². The third-order valence-electron chi connectivity index (χ3n) is 14.4. The molecular formula is C55H94O4. The molecule has 2 aromatic carbocycles. The van der Waals surface area contributed by atoms with Gasteiger partial charge in [-0.1, -0.05) is 145 Å². The van der Waals surface area contributed by atoms with E-state index in [2.05, 4.69) is 62.3 Å². The van der Waals surface area contributed by atoms with Crippen LogP contribution >= 0.6 is 0 Å². The van der Waals surface area contributed by atoms with Gasteiger partial charge < -0.3 is 19.7 Å². The van der Waals surface area contributed by atoms with Crippen LogP contribution in [0.3, 0.4) is 0 Å². The van der Waals surface area contributed by atoms with Crippen LogP contribution in [0.1, 0.15) is 223 Å². The van der Waals surface area contributed by atoms with Crippen molar-refractivity contribution in [3.63, 3.8) is 0 Å². The van der Waals surface area contributed by atoms with Gasteiger partial charge >= 0.3 is 0 Å². The first-order chi connectivity index (χ1) is 28.0. The van der Waals surface area contributed by atoms with Crippen LogP contribution in [0.15, 0.2) is 6.07 Å². The van der Waals surface area contributed by atoms with Crippen LogP contribution in [-0.2, 0) is 12.8 Å². The number of fused-ring (bicyclic) bond motifs is 2. The molecule has 2 heterocycles. The van der Waals surface area contributed by atoms with E-state index in [9.17, 15) is 10.2 Å². The fourth-order valence-corrected chi connectivity index (χ4v) is 9.85. The zero-order valence-corrected chi connectivity index (χ0v) is 41.0. The largest absolute Gasteiger partial charge is 0.508 e. The Bertz CT molecular complexity index is 1510. The Hall–Kier alpha value is -2.36. The molecule has 2 unspecified atom stereocenters. The maximum atomic E-state index is 10.3. The summed E-state index contributed by atoms with van der Waals surface area (Å²) in [6.07, 6.45) is 29.1. The van der Waals surface area contributed by atoms with Gasteiger partial charge in [-0.25, -0.2) is 0 Å². The molecule has 0 aromatic heterocycles. The van der Waals surface area contributed by atoms with Crippen LogP contribution in [0.4, 0.5) is 0 Å². The van der Waals surface area contributed by atoms with E-state index in [1.54, 1.807) is 0 Å². The van der Waals surface area contributed by atoms with E-state index in [1.165, 1.54) is 114 Å². The van der Waals surface area contributed by atoms with E-state index in [1.807, 2.05) is 33.8 Å². The molecule has 4 heteroatoms. The third kappa shape index (κ3) is 17.5. The van der Waals surface area contributed by atoms with Gasteiger partial charge in [0, 0.05) is 11.1 Å².